The van der Waals surface area contributed by atoms with Gasteiger partial charge in [-0.3, -0.25) is 0 Å². The molecule has 1 saturated carbocycles. The number of benzene rings is 1. The van der Waals surface area contributed by atoms with Crippen molar-refractivity contribution >= 4 is 6.03 Å². The fourth-order valence-electron chi connectivity index (χ4n) is 2.39. The number of carbonyl (C=O) groups is 1. The van der Waals surface area contributed by atoms with Crippen molar-refractivity contribution in [1.82, 2.24) is 10.2 Å². The monoisotopic (exact) mass is 302 g/mol. The topological polar surface area (TPSA) is 32.3 Å². The summed E-state index contributed by atoms with van der Waals surface area (Å²) < 4.78 is 0. The van der Waals surface area contributed by atoms with Crippen molar-refractivity contribution in [3.63, 3.8) is 0 Å². The number of carbonyl (C=O) groups excluding carboxylic acids is 1. The van der Waals surface area contributed by atoms with Crippen LogP contribution in [0.3, 0.4) is 0 Å². The van der Waals surface area contributed by atoms with Gasteiger partial charge in [-0.25, -0.2) is 4.79 Å². The van der Waals surface area contributed by atoms with Crippen LogP contribution in [0.1, 0.15) is 59.1 Å². The molecule has 0 bridgehead atoms. The van der Waals surface area contributed by atoms with Gasteiger partial charge in [0, 0.05) is 12.6 Å². The Morgan fingerprint density at radius 1 is 1.23 bits per heavy atom. The van der Waals surface area contributed by atoms with Crippen molar-refractivity contribution in [3.8, 4) is 0 Å². The van der Waals surface area contributed by atoms with Gasteiger partial charge in [0.15, 0.2) is 0 Å². The third kappa shape index (κ3) is 4.49. The number of nitrogens with one attached hydrogen (secondary N) is 1. The molecular weight excluding hydrogens is 272 g/mol. The molecule has 1 aliphatic carbocycles. The summed E-state index contributed by atoms with van der Waals surface area (Å²) >= 11 is 0. The molecule has 2 amide bonds. The van der Waals surface area contributed by atoms with Gasteiger partial charge in [0.25, 0.3) is 0 Å². The zero-order valence-corrected chi connectivity index (χ0v) is 14.6. The van der Waals surface area contributed by atoms with Crippen molar-refractivity contribution in [3.05, 3.63) is 35.9 Å². The Balaban J connectivity index is 2.09. The van der Waals surface area contributed by atoms with E-state index in [2.05, 4.69) is 52.1 Å². The molecule has 1 aromatic carbocycles. The van der Waals surface area contributed by atoms with E-state index in [1.165, 1.54) is 18.4 Å². The first-order chi connectivity index (χ1) is 10.3. The first kappa shape index (κ1) is 16.9. The van der Waals surface area contributed by atoms with E-state index in [0.29, 0.717) is 5.92 Å². The number of hydrogen-bond acceptors (Lipinski definition) is 1. The normalized spacial score (nSPS) is 17.7. The van der Waals surface area contributed by atoms with Crippen molar-refractivity contribution < 1.29 is 4.79 Å². The largest absolute Gasteiger partial charge is 0.335 e. The highest BCUT2D eigenvalue weighted by molar-refractivity contribution is 5.75. The summed E-state index contributed by atoms with van der Waals surface area (Å²) in [5, 5.41) is 3.19. The second kappa shape index (κ2) is 6.72. The summed E-state index contributed by atoms with van der Waals surface area (Å²) in [6.07, 6.45) is 2.50. The Bertz CT molecular complexity index is 488. The lowest BCUT2D eigenvalue weighted by atomic mass is 9.88. The smallest absolute Gasteiger partial charge is 0.318 e. The van der Waals surface area contributed by atoms with E-state index in [1.807, 2.05) is 23.1 Å². The van der Waals surface area contributed by atoms with Crippen molar-refractivity contribution in [1.29, 1.82) is 0 Å². The first-order valence-corrected chi connectivity index (χ1v) is 8.41. The fraction of sp³-hybridized carbons (Fsp3) is 0.632. The molecule has 0 saturated heterocycles. The lowest BCUT2D eigenvalue weighted by Gasteiger charge is -2.34. The van der Waals surface area contributed by atoms with Gasteiger partial charge >= 0.3 is 6.03 Å². The molecule has 0 radical (unpaired) electrons. The van der Waals surface area contributed by atoms with E-state index in [1.54, 1.807) is 0 Å². The van der Waals surface area contributed by atoms with E-state index in [0.717, 1.165) is 6.54 Å². The minimum absolute atomic E-state index is 0.0608. The molecule has 2 unspecified atom stereocenters. The number of nitrogens with zero attached hydrogens (tertiary/aromatic N) is 1. The molecule has 0 aromatic heterocycles. The standard InChI is InChI=1S/C19H30N2O/c1-14(17-9-7-6-8-10-17)21(13-16-11-12-16)18(22)20-15(2)19(3,4)5/h6-10,14-16H,11-13H2,1-5H3,(H,20,22). The van der Waals surface area contributed by atoms with Crippen LogP contribution < -0.4 is 5.32 Å². The second-order valence-electron chi connectivity index (χ2n) is 7.72. The first-order valence-electron chi connectivity index (χ1n) is 8.41. The Morgan fingerprint density at radius 3 is 2.32 bits per heavy atom. The predicted octanol–water partition coefficient (Wildman–Crippen LogP) is 4.60. The van der Waals surface area contributed by atoms with Crippen LogP contribution in [0.25, 0.3) is 0 Å². The van der Waals surface area contributed by atoms with E-state index in [4.69, 9.17) is 0 Å². The Morgan fingerprint density at radius 2 is 1.82 bits per heavy atom. The van der Waals surface area contributed by atoms with Gasteiger partial charge in [0.05, 0.1) is 6.04 Å². The van der Waals surface area contributed by atoms with Gasteiger partial charge in [-0.2, -0.15) is 0 Å². The maximum absolute atomic E-state index is 12.8. The SMILES string of the molecule is CC(c1ccccc1)N(CC1CC1)C(=O)NC(C)C(C)(C)C. The summed E-state index contributed by atoms with van der Waals surface area (Å²) in [5.74, 6) is 0.682. The summed E-state index contributed by atoms with van der Waals surface area (Å²) in [4.78, 5) is 14.8. The summed E-state index contributed by atoms with van der Waals surface area (Å²) in [5.41, 5.74) is 1.26. The van der Waals surface area contributed by atoms with Gasteiger partial charge in [0.1, 0.15) is 0 Å². The van der Waals surface area contributed by atoms with Crippen LogP contribution in [0, 0.1) is 11.3 Å². The van der Waals surface area contributed by atoms with Crippen LogP contribution >= 0.6 is 0 Å². The maximum atomic E-state index is 12.8. The van der Waals surface area contributed by atoms with Gasteiger partial charge in [0.2, 0.25) is 0 Å². The maximum Gasteiger partial charge on any atom is 0.318 e. The number of amides is 2. The van der Waals surface area contributed by atoms with Crippen LogP contribution in [0.15, 0.2) is 30.3 Å². The van der Waals surface area contributed by atoms with E-state index < -0.39 is 0 Å². The minimum atomic E-state index is 0.0608. The van der Waals surface area contributed by atoms with Crippen LogP contribution in [0.2, 0.25) is 0 Å². The Kier molecular flexibility index (Phi) is 5.15. The highest BCUT2D eigenvalue weighted by Crippen LogP contribution is 2.33. The third-order valence-electron chi connectivity index (χ3n) is 4.80. The molecule has 0 aliphatic heterocycles. The van der Waals surface area contributed by atoms with Gasteiger partial charge in [-0.05, 0) is 43.6 Å². The molecule has 0 spiro atoms. The Hall–Kier alpha value is -1.51. The fourth-order valence-corrected chi connectivity index (χ4v) is 2.39. The predicted molar refractivity (Wildman–Crippen MR) is 91.7 cm³/mol. The van der Waals surface area contributed by atoms with Crippen LogP contribution in [-0.4, -0.2) is 23.5 Å². The Labute approximate surface area is 135 Å². The minimum Gasteiger partial charge on any atom is -0.335 e. The average Bonchev–Trinajstić information content (AvgIpc) is 3.28. The summed E-state index contributed by atoms with van der Waals surface area (Å²) in [7, 11) is 0. The molecular formula is C19H30N2O. The molecule has 3 nitrogen and oxygen atoms in total. The molecule has 22 heavy (non-hydrogen) atoms. The third-order valence-corrected chi connectivity index (χ3v) is 4.80. The zero-order chi connectivity index (χ0) is 16.3. The van der Waals surface area contributed by atoms with E-state index in [9.17, 15) is 4.79 Å². The van der Waals surface area contributed by atoms with Gasteiger partial charge < -0.3 is 10.2 Å². The average molecular weight is 302 g/mol. The number of rotatable bonds is 5. The van der Waals surface area contributed by atoms with Crippen molar-refractivity contribution in [2.75, 3.05) is 6.54 Å². The quantitative estimate of drug-likeness (QED) is 0.846. The highest BCUT2D eigenvalue weighted by Gasteiger charge is 2.32. The number of hydrogen-bond donors (Lipinski definition) is 1. The lowest BCUT2D eigenvalue weighted by molar-refractivity contribution is 0.163. The van der Waals surface area contributed by atoms with Crippen molar-refractivity contribution in [2.45, 2.75) is 59.5 Å². The molecule has 1 fully saturated rings. The van der Waals surface area contributed by atoms with Crippen LogP contribution in [0.4, 0.5) is 4.79 Å². The molecule has 2 atom stereocenters. The molecule has 122 valence electrons. The van der Waals surface area contributed by atoms with E-state index >= 15 is 0 Å². The van der Waals surface area contributed by atoms with Gasteiger partial charge in [-0.1, -0.05) is 51.1 Å². The lowest BCUT2D eigenvalue weighted by Crippen LogP contribution is -2.49. The van der Waals surface area contributed by atoms with Crippen LogP contribution in [-0.2, 0) is 0 Å². The number of urea groups is 1. The molecule has 3 heteroatoms. The molecule has 1 N–H and O–H groups in total. The zero-order valence-electron chi connectivity index (χ0n) is 14.6. The highest BCUT2D eigenvalue weighted by atomic mass is 16.2. The molecule has 1 aliphatic rings. The molecule has 0 heterocycles. The molecule has 2 rings (SSSR count). The summed E-state index contributed by atoms with van der Waals surface area (Å²) in [6.45, 7) is 11.5. The second-order valence-corrected chi connectivity index (χ2v) is 7.72. The van der Waals surface area contributed by atoms with Crippen LogP contribution in [0.5, 0.6) is 0 Å². The van der Waals surface area contributed by atoms with Crippen molar-refractivity contribution in [2.24, 2.45) is 11.3 Å². The summed E-state index contributed by atoms with van der Waals surface area (Å²) in [6, 6.07) is 10.6. The van der Waals surface area contributed by atoms with E-state index in [-0.39, 0.29) is 23.5 Å². The van der Waals surface area contributed by atoms with Gasteiger partial charge in [-0.15, -0.1) is 0 Å². The molecule has 1 aromatic rings.